The summed E-state index contributed by atoms with van der Waals surface area (Å²) in [7, 11) is 0. The zero-order valence-corrected chi connectivity index (χ0v) is 7.19. The second-order valence-electron chi connectivity index (χ2n) is 0.348. The summed E-state index contributed by atoms with van der Waals surface area (Å²) in [5, 5.41) is 23.2. The Morgan fingerprint density at radius 3 is 1.62 bits per heavy atom. The maximum Gasteiger partial charge on any atom is 1.00 e. The van der Waals surface area contributed by atoms with Crippen molar-refractivity contribution in [3.8, 4) is 0 Å². The van der Waals surface area contributed by atoms with Crippen molar-refractivity contribution in [1.82, 2.24) is 0 Å². The molecule has 0 spiro atoms. The molecular formula is CH2KNO5. The Hall–Kier alpha value is 0.306. The summed E-state index contributed by atoms with van der Waals surface area (Å²) >= 11 is 0. The van der Waals surface area contributed by atoms with Crippen LogP contribution in [-0.4, -0.2) is 16.5 Å². The van der Waals surface area contributed by atoms with E-state index in [-0.39, 0.29) is 51.4 Å². The smallest absolute Gasteiger partial charge is 0.565 e. The fourth-order valence-electron chi connectivity index (χ4n) is 0. The van der Waals surface area contributed by atoms with Crippen LogP contribution in [0.1, 0.15) is 0 Å². The summed E-state index contributed by atoms with van der Waals surface area (Å²) in [4.78, 5) is 16.6. The van der Waals surface area contributed by atoms with Crippen LogP contribution in [0.3, 0.4) is 0 Å². The molecule has 0 atom stereocenters. The largest absolute Gasteiger partial charge is 1.00 e. The third-order valence-electron chi connectivity index (χ3n) is 0. The first-order valence-corrected chi connectivity index (χ1v) is 1.01. The molecule has 0 radical (unpaired) electrons. The number of hydrogen-bond donors (Lipinski definition) is 2. The minimum absolute atomic E-state index is 0. The van der Waals surface area contributed by atoms with Crippen molar-refractivity contribution in [2.75, 3.05) is 0 Å². The van der Waals surface area contributed by atoms with Crippen LogP contribution in [-0.2, 0) is 0 Å². The Morgan fingerprint density at radius 2 is 1.62 bits per heavy atom. The first-order chi connectivity index (χ1) is 3.15. The molecule has 0 rings (SSSR count). The Labute approximate surface area is 86.9 Å². The molecule has 0 aliphatic rings. The molecule has 0 unspecified atom stereocenters. The third kappa shape index (κ3) is 1890. The van der Waals surface area contributed by atoms with Crippen molar-refractivity contribution in [2.24, 2.45) is 5.34 Å². The van der Waals surface area contributed by atoms with E-state index in [1.54, 1.807) is 0 Å². The van der Waals surface area contributed by atoms with Crippen LogP contribution in [0.15, 0.2) is 5.34 Å². The minimum atomic E-state index is -2.08. The number of hydrogen-bond acceptors (Lipinski definition) is 4. The van der Waals surface area contributed by atoms with Gasteiger partial charge in [-0.05, 0) is 0 Å². The first-order valence-electron chi connectivity index (χ1n) is 1.01. The molecule has 0 saturated carbocycles. The van der Waals surface area contributed by atoms with Gasteiger partial charge in [0.15, 0.2) is 5.34 Å². The topological polar surface area (TPSA) is 110 Å². The Kier molecular flexibility index (Phi) is 30.8. The summed E-state index contributed by atoms with van der Waals surface area (Å²) < 4.78 is 0. The van der Waals surface area contributed by atoms with Crippen molar-refractivity contribution >= 4 is 6.16 Å². The van der Waals surface area contributed by atoms with Gasteiger partial charge < -0.3 is 20.2 Å². The summed E-state index contributed by atoms with van der Waals surface area (Å²) in [5.41, 5.74) is 0. The molecule has 0 heterocycles. The molecule has 0 aromatic rings. The summed E-state index contributed by atoms with van der Waals surface area (Å²) in [5.74, 6) is 0. The molecule has 0 aliphatic heterocycles. The predicted octanol–water partition coefficient (Wildman–Crippen LogP) is -3.97. The predicted molar refractivity (Wildman–Crippen MR) is 15.6 cm³/mol. The molecule has 0 amide bonds. The average molecular weight is 147 g/mol. The summed E-state index contributed by atoms with van der Waals surface area (Å²) in [6.45, 7) is 0. The SMILES string of the molecule is O=C([O-])O.O=NO.[K+]. The van der Waals surface area contributed by atoms with Crippen LogP contribution in [0.5, 0.6) is 0 Å². The number of carbonyl (C=O) groups is 1. The van der Waals surface area contributed by atoms with Gasteiger partial charge in [0, 0.05) is 0 Å². The first kappa shape index (κ1) is 15.7. The van der Waals surface area contributed by atoms with Gasteiger partial charge in [-0.15, -0.1) is 4.91 Å². The summed E-state index contributed by atoms with van der Waals surface area (Å²) in [6.07, 6.45) is -2.08. The van der Waals surface area contributed by atoms with E-state index in [1.807, 2.05) is 0 Å². The molecule has 0 fully saturated rings. The fraction of sp³-hybridized carbons (Fsp3) is 0. The molecule has 0 aliphatic carbocycles. The maximum absolute atomic E-state index is 8.44. The normalized spacial score (nSPS) is 4.50. The van der Waals surface area contributed by atoms with Crippen molar-refractivity contribution < 1.29 is 71.6 Å². The summed E-state index contributed by atoms with van der Waals surface area (Å²) in [6, 6.07) is 0. The van der Waals surface area contributed by atoms with Gasteiger partial charge in [0.25, 0.3) is 0 Å². The van der Waals surface area contributed by atoms with Crippen LogP contribution in [0.4, 0.5) is 4.79 Å². The van der Waals surface area contributed by atoms with Gasteiger partial charge in [0.05, 0.1) is 0 Å². The maximum atomic E-state index is 8.44. The molecule has 8 heavy (non-hydrogen) atoms. The molecule has 42 valence electrons. The average Bonchev–Trinajstić information content (AvgIpc) is 1.33. The van der Waals surface area contributed by atoms with Crippen LogP contribution in [0.25, 0.3) is 0 Å². The van der Waals surface area contributed by atoms with Crippen molar-refractivity contribution in [2.45, 2.75) is 0 Å². The van der Waals surface area contributed by atoms with E-state index in [9.17, 15) is 0 Å². The molecular weight excluding hydrogens is 145 g/mol. The van der Waals surface area contributed by atoms with E-state index in [2.05, 4.69) is 0 Å². The molecule has 0 aromatic carbocycles. The second kappa shape index (κ2) is 15.7. The van der Waals surface area contributed by atoms with E-state index >= 15 is 0 Å². The third-order valence-corrected chi connectivity index (χ3v) is 0. The van der Waals surface area contributed by atoms with E-state index in [4.69, 9.17) is 25.1 Å². The van der Waals surface area contributed by atoms with Crippen molar-refractivity contribution in [3.05, 3.63) is 4.91 Å². The Balaban J connectivity index is -0.0000000575. The van der Waals surface area contributed by atoms with E-state index in [0.717, 1.165) is 0 Å². The monoisotopic (exact) mass is 147 g/mol. The van der Waals surface area contributed by atoms with Gasteiger partial charge in [-0.25, -0.2) is 0 Å². The van der Waals surface area contributed by atoms with Gasteiger partial charge in [0.2, 0.25) is 6.16 Å². The molecule has 0 aromatic heterocycles. The zero-order chi connectivity index (χ0) is 6.28. The number of nitrogens with zero attached hydrogens (tertiary/aromatic N) is 1. The Morgan fingerprint density at radius 1 is 1.62 bits per heavy atom. The second-order valence-corrected chi connectivity index (χ2v) is 0.348. The van der Waals surface area contributed by atoms with Crippen LogP contribution < -0.4 is 56.5 Å². The molecule has 2 N–H and O–H groups in total. The van der Waals surface area contributed by atoms with Gasteiger partial charge in [0.1, 0.15) is 0 Å². The van der Waals surface area contributed by atoms with Crippen LogP contribution >= 0.6 is 0 Å². The van der Waals surface area contributed by atoms with Gasteiger partial charge >= 0.3 is 51.4 Å². The molecule has 6 nitrogen and oxygen atoms in total. The number of carboxylic acid groups (broad SMARTS) is 2. The standard InChI is InChI=1S/CH2O3.K.HNO2/c2-1(3)4;;2-1-3/h(H2,2,3,4);;(H,2,3)/q;+1;/p-1. The van der Waals surface area contributed by atoms with E-state index < -0.39 is 6.16 Å². The van der Waals surface area contributed by atoms with Crippen LogP contribution in [0.2, 0.25) is 0 Å². The van der Waals surface area contributed by atoms with Crippen LogP contribution in [0, 0.1) is 4.91 Å². The van der Waals surface area contributed by atoms with Gasteiger partial charge in [-0.2, -0.15) is 0 Å². The quantitative estimate of drug-likeness (QED) is 0.206. The zero-order valence-electron chi connectivity index (χ0n) is 4.07. The fourth-order valence-corrected chi connectivity index (χ4v) is 0. The molecule has 0 bridgehead atoms. The van der Waals surface area contributed by atoms with E-state index in [1.165, 1.54) is 5.34 Å². The molecule has 7 heteroatoms. The van der Waals surface area contributed by atoms with Gasteiger partial charge in [-0.3, -0.25) is 0 Å². The number of rotatable bonds is 0. The molecule has 0 saturated heterocycles. The Bertz CT molecular complexity index is 59.4. The van der Waals surface area contributed by atoms with E-state index in [0.29, 0.717) is 0 Å². The van der Waals surface area contributed by atoms with Crippen molar-refractivity contribution in [1.29, 1.82) is 0 Å². The van der Waals surface area contributed by atoms with Gasteiger partial charge in [-0.1, -0.05) is 0 Å². The van der Waals surface area contributed by atoms with Crippen molar-refractivity contribution in [3.63, 3.8) is 0 Å². The minimum Gasteiger partial charge on any atom is -0.565 e.